The Morgan fingerprint density at radius 2 is 1.38 bits per heavy atom. The Bertz CT molecular complexity index is 770. The van der Waals surface area contributed by atoms with Crippen LogP contribution in [0.1, 0.15) is 80.5 Å². The molecular weight excluding hydrogens is 312 g/mol. The Balaban J connectivity index is 2.09. The SMILES string of the molecule is CC(C)(C)c1ccc2c(c1)Cc1cc(C(C)(C)C)cc(CCl)c1C2. The molecule has 0 bridgehead atoms. The quantitative estimate of drug-likeness (QED) is 0.442. The van der Waals surface area contributed by atoms with Crippen molar-refractivity contribution in [2.45, 2.75) is 71.1 Å². The molecule has 128 valence electrons. The molecule has 1 heteroatoms. The molecule has 0 unspecified atom stereocenters. The summed E-state index contributed by atoms with van der Waals surface area (Å²) in [5, 5.41) is 0. The third-order valence-electron chi connectivity index (χ3n) is 5.27. The Morgan fingerprint density at radius 1 is 0.750 bits per heavy atom. The third-order valence-corrected chi connectivity index (χ3v) is 5.55. The largest absolute Gasteiger partial charge is 0.122 e. The second-order valence-electron chi connectivity index (χ2n) is 9.24. The highest BCUT2D eigenvalue weighted by Gasteiger charge is 2.24. The van der Waals surface area contributed by atoms with Crippen molar-refractivity contribution < 1.29 is 0 Å². The van der Waals surface area contributed by atoms with E-state index >= 15 is 0 Å². The minimum Gasteiger partial charge on any atom is -0.122 e. The van der Waals surface area contributed by atoms with Crippen molar-refractivity contribution >= 4 is 11.6 Å². The summed E-state index contributed by atoms with van der Waals surface area (Å²) in [6, 6.07) is 11.8. The lowest BCUT2D eigenvalue weighted by molar-refractivity contribution is 0.587. The minimum absolute atomic E-state index is 0.156. The third kappa shape index (κ3) is 3.26. The van der Waals surface area contributed by atoms with Gasteiger partial charge in [-0.05, 0) is 62.6 Å². The Hall–Kier alpha value is -1.27. The highest BCUT2D eigenvalue weighted by Crippen LogP contribution is 2.36. The Labute approximate surface area is 152 Å². The smallest absolute Gasteiger partial charge is 0.0477 e. The molecule has 0 aromatic heterocycles. The van der Waals surface area contributed by atoms with Gasteiger partial charge in [0.2, 0.25) is 0 Å². The molecule has 0 aliphatic heterocycles. The van der Waals surface area contributed by atoms with Gasteiger partial charge in [-0.3, -0.25) is 0 Å². The van der Waals surface area contributed by atoms with Crippen LogP contribution in [-0.4, -0.2) is 0 Å². The highest BCUT2D eigenvalue weighted by molar-refractivity contribution is 6.17. The summed E-state index contributed by atoms with van der Waals surface area (Å²) in [4.78, 5) is 0. The lowest BCUT2D eigenvalue weighted by atomic mass is 9.77. The molecule has 24 heavy (non-hydrogen) atoms. The van der Waals surface area contributed by atoms with Gasteiger partial charge in [0.25, 0.3) is 0 Å². The van der Waals surface area contributed by atoms with Crippen molar-refractivity contribution in [2.24, 2.45) is 0 Å². The van der Waals surface area contributed by atoms with Gasteiger partial charge in [-0.25, -0.2) is 0 Å². The van der Waals surface area contributed by atoms with Crippen LogP contribution in [0.2, 0.25) is 0 Å². The summed E-state index contributed by atoms with van der Waals surface area (Å²) < 4.78 is 0. The van der Waals surface area contributed by atoms with E-state index in [1.807, 2.05) is 0 Å². The first-order chi connectivity index (χ1) is 11.1. The molecule has 1 aliphatic rings. The van der Waals surface area contributed by atoms with Crippen molar-refractivity contribution in [3.63, 3.8) is 0 Å². The first-order valence-corrected chi connectivity index (χ1v) is 9.46. The first kappa shape index (κ1) is 17.5. The van der Waals surface area contributed by atoms with E-state index in [2.05, 4.69) is 71.9 Å². The van der Waals surface area contributed by atoms with Crippen molar-refractivity contribution in [1.29, 1.82) is 0 Å². The Morgan fingerprint density at radius 3 is 1.96 bits per heavy atom. The number of benzene rings is 2. The second kappa shape index (κ2) is 5.92. The van der Waals surface area contributed by atoms with Crippen LogP contribution in [0.25, 0.3) is 0 Å². The average molecular weight is 341 g/mol. The fourth-order valence-corrected chi connectivity index (χ4v) is 3.80. The van der Waals surface area contributed by atoms with Gasteiger partial charge < -0.3 is 0 Å². The number of hydrogen-bond acceptors (Lipinski definition) is 0. The molecule has 0 saturated heterocycles. The number of fused-ring (bicyclic) bond motifs is 2. The van der Waals surface area contributed by atoms with E-state index in [-0.39, 0.29) is 10.8 Å². The van der Waals surface area contributed by atoms with Crippen LogP contribution in [0, 0.1) is 0 Å². The summed E-state index contributed by atoms with van der Waals surface area (Å²) in [6.07, 6.45) is 2.05. The lowest BCUT2D eigenvalue weighted by Gasteiger charge is -2.28. The van der Waals surface area contributed by atoms with Crippen molar-refractivity contribution in [3.8, 4) is 0 Å². The van der Waals surface area contributed by atoms with E-state index in [0.29, 0.717) is 5.88 Å². The fraction of sp³-hybridized carbons (Fsp3) is 0.478. The molecule has 0 N–H and O–H groups in total. The molecule has 2 aromatic carbocycles. The summed E-state index contributed by atoms with van der Waals surface area (Å²) in [6.45, 7) is 13.7. The standard InChI is InChI=1S/C23H29Cl/c1-22(2,3)19-8-7-15-13-21-17(9-16(15)10-19)11-20(23(4,5)6)12-18(21)14-24/h7-8,10-12H,9,13-14H2,1-6H3. The topological polar surface area (TPSA) is 0 Å². The predicted octanol–water partition coefficient (Wildman–Crippen LogP) is 6.52. The number of alkyl halides is 1. The van der Waals surface area contributed by atoms with Gasteiger partial charge >= 0.3 is 0 Å². The van der Waals surface area contributed by atoms with Crippen LogP contribution < -0.4 is 0 Å². The van der Waals surface area contributed by atoms with Crippen LogP contribution in [-0.2, 0) is 29.6 Å². The summed E-state index contributed by atoms with van der Waals surface area (Å²) in [5.74, 6) is 0.599. The molecule has 1 aliphatic carbocycles. The van der Waals surface area contributed by atoms with Gasteiger partial charge in [0.05, 0.1) is 0 Å². The maximum absolute atomic E-state index is 6.30. The molecule has 3 rings (SSSR count). The molecule has 0 atom stereocenters. The van der Waals surface area contributed by atoms with Crippen LogP contribution >= 0.6 is 11.6 Å². The van der Waals surface area contributed by atoms with Crippen LogP contribution in [0.4, 0.5) is 0 Å². The molecule has 0 amide bonds. The lowest BCUT2D eigenvalue weighted by Crippen LogP contribution is -2.17. The summed E-state index contributed by atoms with van der Waals surface area (Å²) >= 11 is 6.30. The molecule has 0 radical (unpaired) electrons. The van der Waals surface area contributed by atoms with Gasteiger partial charge in [0.15, 0.2) is 0 Å². The van der Waals surface area contributed by atoms with Crippen molar-refractivity contribution in [2.75, 3.05) is 0 Å². The molecule has 0 saturated carbocycles. The van der Waals surface area contributed by atoms with E-state index in [9.17, 15) is 0 Å². The van der Waals surface area contributed by atoms with Gasteiger partial charge in [0, 0.05) is 5.88 Å². The van der Waals surface area contributed by atoms with Crippen LogP contribution in [0.5, 0.6) is 0 Å². The van der Waals surface area contributed by atoms with Crippen LogP contribution in [0.15, 0.2) is 30.3 Å². The minimum atomic E-state index is 0.156. The average Bonchev–Trinajstić information content (AvgIpc) is 2.49. The van der Waals surface area contributed by atoms with E-state index in [1.54, 1.807) is 0 Å². The van der Waals surface area contributed by atoms with E-state index in [0.717, 1.165) is 12.8 Å². The van der Waals surface area contributed by atoms with E-state index in [1.165, 1.54) is 38.9 Å². The van der Waals surface area contributed by atoms with Gasteiger partial charge in [-0.1, -0.05) is 71.9 Å². The zero-order valence-corrected chi connectivity index (χ0v) is 16.6. The molecule has 0 heterocycles. The van der Waals surface area contributed by atoms with Gasteiger partial charge in [-0.15, -0.1) is 11.6 Å². The maximum Gasteiger partial charge on any atom is 0.0477 e. The summed E-state index contributed by atoms with van der Waals surface area (Å²) in [5.41, 5.74) is 10.4. The van der Waals surface area contributed by atoms with Crippen LogP contribution in [0.3, 0.4) is 0 Å². The number of hydrogen-bond donors (Lipinski definition) is 0. The second-order valence-corrected chi connectivity index (χ2v) is 9.51. The monoisotopic (exact) mass is 340 g/mol. The Kier molecular flexibility index (Phi) is 4.33. The number of halogens is 1. The summed E-state index contributed by atoms with van der Waals surface area (Å²) in [7, 11) is 0. The van der Waals surface area contributed by atoms with Crippen molar-refractivity contribution in [1.82, 2.24) is 0 Å². The maximum atomic E-state index is 6.30. The zero-order chi connectivity index (χ0) is 17.7. The zero-order valence-electron chi connectivity index (χ0n) is 15.9. The normalized spacial score (nSPS) is 14.3. The number of rotatable bonds is 1. The first-order valence-electron chi connectivity index (χ1n) is 8.93. The molecule has 0 nitrogen and oxygen atoms in total. The van der Waals surface area contributed by atoms with E-state index < -0.39 is 0 Å². The highest BCUT2D eigenvalue weighted by atomic mass is 35.5. The predicted molar refractivity (Wildman–Crippen MR) is 105 cm³/mol. The molecule has 0 fully saturated rings. The van der Waals surface area contributed by atoms with E-state index in [4.69, 9.17) is 11.6 Å². The van der Waals surface area contributed by atoms with Gasteiger partial charge in [0.1, 0.15) is 0 Å². The fourth-order valence-electron chi connectivity index (χ4n) is 3.56. The van der Waals surface area contributed by atoms with Crippen molar-refractivity contribution in [3.05, 3.63) is 69.3 Å². The molecule has 2 aromatic rings. The molecular formula is C23H29Cl. The molecule has 0 spiro atoms. The van der Waals surface area contributed by atoms with Gasteiger partial charge in [-0.2, -0.15) is 0 Å².